The third-order valence-electron chi connectivity index (χ3n) is 4.16. The summed E-state index contributed by atoms with van der Waals surface area (Å²) in [4.78, 5) is 24.7. The van der Waals surface area contributed by atoms with E-state index < -0.39 is 4.92 Å². The van der Waals surface area contributed by atoms with E-state index in [4.69, 9.17) is 0 Å². The summed E-state index contributed by atoms with van der Waals surface area (Å²) in [7, 11) is 0. The number of aryl methyl sites for hydroxylation is 1. The summed E-state index contributed by atoms with van der Waals surface area (Å²) in [6.07, 6.45) is 3.67. The fraction of sp³-hybridized carbons (Fsp3) is 0.294. The number of hydrogen-bond acceptors (Lipinski definition) is 4. The maximum Gasteiger partial charge on any atom is 0.322 e. The van der Waals surface area contributed by atoms with Crippen LogP contribution in [0, 0.1) is 17.0 Å². The van der Waals surface area contributed by atoms with Gasteiger partial charge in [0.05, 0.1) is 4.92 Å². The Kier molecular flexibility index (Phi) is 4.41. The summed E-state index contributed by atoms with van der Waals surface area (Å²) < 4.78 is 0. The van der Waals surface area contributed by atoms with Gasteiger partial charge in [-0.25, -0.2) is 0 Å². The Morgan fingerprint density at radius 3 is 2.58 bits per heavy atom. The topological polar surface area (TPSA) is 92.1 Å². The first-order valence-corrected chi connectivity index (χ1v) is 7.79. The quantitative estimate of drug-likeness (QED) is 0.693. The number of piperidine rings is 1. The van der Waals surface area contributed by atoms with Crippen LogP contribution in [0.3, 0.4) is 0 Å². The Balaban J connectivity index is 1.70. The summed E-state index contributed by atoms with van der Waals surface area (Å²) in [5.41, 5.74) is 2.38. The van der Waals surface area contributed by atoms with E-state index in [1.807, 2.05) is 30.3 Å². The summed E-state index contributed by atoms with van der Waals surface area (Å²) in [6, 6.07) is 10.0. The fourth-order valence-corrected chi connectivity index (χ4v) is 2.87. The second-order valence-electron chi connectivity index (χ2n) is 5.81. The molecule has 0 saturated carbocycles. The number of rotatable bonds is 3. The zero-order valence-electron chi connectivity index (χ0n) is 13.4. The average Bonchev–Trinajstić information content (AvgIpc) is 2.98. The van der Waals surface area contributed by atoms with Gasteiger partial charge >= 0.3 is 5.69 Å². The normalized spacial score (nSPS) is 14.5. The third-order valence-corrected chi connectivity index (χ3v) is 4.16. The second-order valence-corrected chi connectivity index (χ2v) is 5.81. The van der Waals surface area contributed by atoms with Crippen molar-refractivity contribution in [1.29, 1.82) is 0 Å². The zero-order chi connectivity index (χ0) is 17.1. The van der Waals surface area contributed by atoms with Crippen LogP contribution in [0.5, 0.6) is 0 Å². The first kappa shape index (κ1) is 15.9. The van der Waals surface area contributed by atoms with Crippen molar-refractivity contribution in [3.63, 3.8) is 0 Å². The number of amides is 1. The highest BCUT2D eigenvalue weighted by Crippen LogP contribution is 2.25. The van der Waals surface area contributed by atoms with Gasteiger partial charge in [0, 0.05) is 13.1 Å². The third kappa shape index (κ3) is 3.19. The van der Waals surface area contributed by atoms with Crippen LogP contribution in [0.25, 0.3) is 6.08 Å². The Hall–Kier alpha value is -2.96. The molecule has 0 spiro atoms. The van der Waals surface area contributed by atoms with Crippen molar-refractivity contribution in [2.45, 2.75) is 19.8 Å². The van der Waals surface area contributed by atoms with Gasteiger partial charge in [-0.05, 0) is 25.3 Å². The smallest absolute Gasteiger partial charge is 0.322 e. The molecule has 3 rings (SSSR count). The first-order valence-electron chi connectivity index (χ1n) is 7.79. The molecule has 0 aliphatic carbocycles. The second kappa shape index (κ2) is 6.66. The van der Waals surface area contributed by atoms with Gasteiger partial charge in [0.15, 0.2) is 0 Å². The van der Waals surface area contributed by atoms with E-state index in [1.54, 1.807) is 11.8 Å². The van der Waals surface area contributed by atoms with Crippen molar-refractivity contribution in [3.05, 3.63) is 63.0 Å². The highest BCUT2D eigenvalue weighted by atomic mass is 16.6. The SMILES string of the molecule is Cc1[nH]nc(C(=O)N2CCC(=Cc3ccccc3)CC2)c1[N+](=O)[O-]. The van der Waals surface area contributed by atoms with Gasteiger partial charge in [0.2, 0.25) is 5.69 Å². The summed E-state index contributed by atoms with van der Waals surface area (Å²) in [5, 5.41) is 17.5. The maximum atomic E-state index is 12.5. The number of nitrogens with zero attached hydrogens (tertiary/aromatic N) is 3. The van der Waals surface area contributed by atoms with Crippen LogP contribution in [0.4, 0.5) is 5.69 Å². The van der Waals surface area contributed by atoms with Crippen LogP contribution >= 0.6 is 0 Å². The Bertz CT molecular complexity index is 785. The molecule has 7 heteroatoms. The lowest BCUT2D eigenvalue weighted by molar-refractivity contribution is -0.385. The fourth-order valence-electron chi connectivity index (χ4n) is 2.87. The number of nitro groups is 1. The molecule has 1 aliphatic rings. The predicted molar refractivity (Wildman–Crippen MR) is 89.5 cm³/mol. The van der Waals surface area contributed by atoms with Gasteiger partial charge < -0.3 is 4.90 Å². The summed E-state index contributed by atoms with van der Waals surface area (Å²) in [5.74, 6) is -0.384. The molecule has 1 saturated heterocycles. The van der Waals surface area contributed by atoms with Gasteiger partial charge in [-0.1, -0.05) is 42.0 Å². The van der Waals surface area contributed by atoms with E-state index in [2.05, 4.69) is 16.3 Å². The van der Waals surface area contributed by atoms with Crippen molar-refractivity contribution >= 4 is 17.7 Å². The minimum Gasteiger partial charge on any atom is -0.336 e. The lowest BCUT2D eigenvalue weighted by Crippen LogP contribution is -2.36. The standard InChI is InChI=1S/C17H18N4O3/c1-12-16(21(23)24)15(19-18-12)17(22)20-9-7-14(8-10-20)11-13-5-3-2-4-6-13/h2-6,11H,7-10H2,1H3,(H,18,19). The van der Waals surface area contributed by atoms with Crippen molar-refractivity contribution in [2.75, 3.05) is 13.1 Å². The molecule has 124 valence electrons. The molecule has 2 aromatic rings. The molecule has 0 radical (unpaired) electrons. The van der Waals surface area contributed by atoms with Gasteiger partial charge in [-0.15, -0.1) is 0 Å². The van der Waals surface area contributed by atoms with Crippen LogP contribution in [0.15, 0.2) is 35.9 Å². The van der Waals surface area contributed by atoms with Crippen LogP contribution in [-0.2, 0) is 0 Å². The molecule has 1 fully saturated rings. The summed E-state index contributed by atoms with van der Waals surface area (Å²) in [6.45, 7) is 2.62. The molecule has 1 amide bonds. The molecule has 7 nitrogen and oxygen atoms in total. The predicted octanol–water partition coefficient (Wildman–Crippen LogP) is 2.95. The van der Waals surface area contributed by atoms with Gasteiger partial charge in [0.1, 0.15) is 5.69 Å². The maximum absolute atomic E-state index is 12.5. The minimum absolute atomic E-state index is 0.104. The van der Waals surface area contributed by atoms with E-state index in [1.165, 1.54) is 5.57 Å². The molecular weight excluding hydrogens is 308 g/mol. The molecule has 0 bridgehead atoms. The number of H-pyrrole nitrogens is 1. The number of carbonyl (C=O) groups is 1. The zero-order valence-corrected chi connectivity index (χ0v) is 13.4. The molecule has 2 heterocycles. The molecule has 1 N–H and O–H groups in total. The van der Waals surface area contributed by atoms with Crippen LogP contribution in [0.1, 0.15) is 34.6 Å². The van der Waals surface area contributed by atoms with Crippen LogP contribution < -0.4 is 0 Å². The number of aromatic amines is 1. The molecule has 1 aliphatic heterocycles. The van der Waals surface area contributed by atoms with Crippen LogP contribution in [-0.4, -0.2) is 39.0 Å². The Morgan fingerprint density at radius 1 is 1.29 bits per heavy atom. The number of carbonyl (C=O) groups excluding carboxylic acids is 1. The number of hydrogen-bond donors (Lipinski definition) is 1. The molecule has 0 unspecified atom stereocenters. The Labute approximate surface area is 139 Å². The molecule has 1 aromatic carbocycles. The van der Waals surface area contributed by atoms with Gasteiger partial charge in [-0.3, -0.25) is 20.0 Å². The number of aromatic nitrogens is 2. The molecule has 1 aromatic heterocycles. The van der Waals surface area contributed by atoms with Crippen molar-refractivity contribution in [2.24, 2.45) is 0 Å². The van der Waals surface area contributed by atoms with E-state index in [0.717, 1.165) is 18.4 Å². The molecule has 24 heavy (non-hydrogen) atoms. The molecule has 0 atom stereocenters. The van der Waals surface area contributed by atoms with E-state index in [9.17, 15) is 14.9 Å². The average molecular weight is 326 g/mol. The lowest BCUT2D eigenvalue weighted by atomic mass is 10.0. The highest BCUT2D eigenvalue weighted by molar-refractivity contribution is 5.96. The van der Waals surface area contributed by atoms with Crippen molar-refractivity contribution in [1.82, 2.24) is 15.1 Å². The molecular formula is C17H18N4O3. The van der Waals surface area contributed by atoms with E-state index >= 15 is 0 Å². The van der Waals surface area contributed by atoms with Crippen molar-refractivity contribution in [3.8, 4) is 0 Å². The monoisotopic (exact) mass is 326 g/mol. The lowest BCUT2D eigenvalue weighted by Gasteiger charge is -2.27. The van der Waals surface area contributed by atoms with E-state index in [-0.39, 0.29) is 17.3 Å². The highest BCUT2D eigenvalue weighted by Gasteiger charge is 2.31. The van der Waals surface area contributed by atoms with Crippen molar-refractivity contribution < 1.29 is 9.72 Å². The number of nitrogens with one attached hydrogen (secondary N) is 1. The summed E-state index contributed by atoms with van der Waals surface area (Å²) >= 11 is 0. The van der Waals surface area contributed by atoms with Gasteiger partial charge in [0.25, 0.3) is 5.91 Å². The largest absolute Gasteiger partial charge is 0.336 e. The number of benzene rings is 1. The Morgan fingerprint density at radius 2 is 1.96 bits per heavy atom. The first-order chi connectivity index (χ1) is 11.6. The van der Waals surface area contributed by atoms with Gasteiger partial charge in [-0.2, -0.15) is 5.10 Å². The van der Waals surface area contributed by atoms with Crippen LogP contribution in [0.2, 0.25) is 0 Å². The number of likely N-dealkylation sites (tertiary alicyclic amines) is 1. The minimum atomic E-state index is -0.559. The van der Waals surface area contributed by atoms with E-state index in [0.29, 0.717) is 18.8 Å².